The maximum Gasteiger partial charge on any atom is 0.211 e. The van der Waals surface area contributed by atoms with Gasteiger partial charge in [0, 0.05) is 35.9 Å². The van der Waals surface area contributed by atoms with Crippen LogP contribution in [0.2, 0.25) is 0 Å². The highest BCUT2D eigenvalue weighted by atomic mass is 127. The molecule has 0 aromatic carbocycles. The summed E-state index contributed by atoms with van der Waals surface area (Å²) < 4.78 is 24.7. The van der Waals surface area contributed by atoms with Gasteiger partial charge in [-0.3, -0.25) is 0 Å². The summed E-state index contributed by atoms with van der Waals surface area (Å²) in [5.74, 6) is 1.31. The van der Waals surface area contributed by atoms with Crippen molar-refractivity contribution in [1.29, 1.82) is 0 Å². The summed E-state index contributed by atoms with van der Waals surface area (Å²) in [7, 11) is -3.05. The molecule has 1 aromatic heterocycles. The third-order valence-corrected chi connectivity index (χ3v) is 6.42. The van der Waals surface area contributed by atoms with Crippen molar-refractivity contribution in [3.63, 3.8) is 0 Å². The van der Waals surface area contributed by atoms with Crippen LogP contribution in [-0.4, -0.2) is 51.1 Å². The monoisotopic (exact) mass is 500 g/mol. The number of guanidine groups is 1. The maximum atomic E-state index is 11.5. The van der Waals surface area contributed by atoms with Crippen molar-refractivity contribution in [2.45, 2.75) is 33.2 Å². The zero-order chi connectivity index (χ0) is 17.6. The molecule has 0 spiro atoms. The molecule has 0 saturated carbocycles. The van der Waals surface area contributed by atoms with Crippen molar-refractivity contribution in [1.82, 2.24) is 14.9 Å². The Labute approximate surface area is 172 Å². The number of piperidine rings is 1. The van der Waals surface area contributed by atoms with Crippen LogP contribution in [0.5, 0.6) is 0 Å². The van der Waals surface area contributed by atoms with E-state index in [0.29, 0.717) is 25.6 Å². The molecule has 0 atom stereocenters. The summed E-state index contributed by atoms with van der Waals surface area (Å²) >= 11 is 1.77. The van der Waals surface area contributed by atoms with E-state index in [1.54, 1.807) is 15.6 Å². The lowest BCUT2D eigenvalue weighted by atomic mass is 9.98. The molecule has 0 radical (unpaired) electrons. The number of hydrogen-bond donors (Lipinski definition) is 2. The molecule has 2 rings (SSSR count). The zero-order valence-corrected chi connectivity index (χ0v) is 19.1. The Morgan fingerprint density at radius 3 is 2.52 bits per heavy atom. The molecule has 25 heavy (non-hydrogen) atoms. The Morgan fingerprint density at radius 1 is 1.32 bits per heavy atom. The van der Waals surface area contributed by atoms with E-state index in [-0.39, 0.29) is 24.0 Å². The number of halogens is 1. The van der Waals surface area contributed by atoms with Crippen molar-refractivity contribution in [2.75, 3.05) is 32.4 Å². The number of sulfonamides is 1. The highest BCUT2D eigenvalue weighted by Gasteiger charge is 2.24. The van der Waals surface area contributed by atoms with Crippen molar-refractivity contribution in [3.05, 3.63) is 21.9 Å². The van der Waals surface area contributed by atoms with Gasteiger partial charge in [-0.05, 0) is 44.7 Å². The summed E-state index contributed by atoms with van der Waals surface area (Å²) in [5, 5.41) is 6.67. The van der Waals surface area contributed by atoms with E-state index in [1.807, 2.05) is 0 Å². The van der Waals surface area contributed by atoms with Crippen LogP contribution >= 0.6 is 35.3 Å². The van der Waals surface area contributed by atoms with Gasteiger partial charge in [-0.15, -0.1) is 35.3 Å². The van der Waals surface area contributed by atoms with E-state index in [9.17, 15) is 8.42 Å². The molecule has 1 aliphatic heterocycles. The molecule has 0 aliphatic carbocycles. The highest BCUT2D eigenvalue weighted by molar-refractivity contribution is 14.0. The lowest BCUT2D eigenvalue weighted by molar-refractivity contribution is 0.275. The van der Waals surface area contributed by atoms with E-state index < -0.39 is 10.0 Å². The second kappa shape index (κ2) is 10.7. The van der Waals surface area contributed by atoms with Gasteiger partial charge in [0.2, 0.25) is 10.0 Å². The predicted octanol–water partition coefficient (Wildman–Crippen LogP) is 2.40. The normalized spacial score (nSPS) is 17.2. The number of nitrogens with zero attached hydrogens (tertiary/aromatic N) is 2. The average Bonchev–Trinajstić information content (AvgIpc) is 2.95. The molecule has 2 heterocycles. The molecule has 1 saturated heterocycles. The zero-order valence-electron chi connectivity index (χ0n) is 15.1. The van der Waals surface area contributed by atoms with E-state index >= 15 is 0 Å². The number of aryl methyl sites for hydroxylation is 1. The Hall–Kier alpha value is -0.390. The van der Waals surface area contributed by atoms with Crippen LogP contribution in [0.25, 0.3) is 0 Å². The third-order valence-electron chi connectivity index (χ3n) is 4.13. The van der Waals surface area contributed by atoms with Gasteiger partial charge in [0.25, 0.3) is 0 Å². The van der Waals surface area contributed by atoms with E-state index in [4.69, 9.17) is 0 Å². The molecule has 144 valence electrons. The van der Waals surface area contributed by atoms with Crippen LogP contribution in [-0.2, 0) is 16.6 Å². The quantitative estimate of drug-likeness (QED) is 0.358. The molecule has 1 aliphatic rings. The molecule has 0 bridgehead atoms. The summed E-state index contributed by atoms with van der Waals surface area (Å²) in [6, 6.07) is 4.24. The molecule has 6 nitrogen and oxygen atoms in total. The maximum absolute atomic E-state index is 11.5. The number of nitrogens with one attached hydrogen (secondary N) is 2. The topological polar surface area (TPSA) is 73.8 Å². The van der Waals surface area contributed by atoms with Crippen LogP contribution < -0.4 is 10.6 Å². The average molecular weight is 500 g/mol. The van der Waals surface area contributed by atoms with Crippen LogP contribution in [0.1, 0.15) is 29.5 Å². The molecular formula is C16H29IN4O2S2. The fourth-order valence-corrected chi connectivity index (χ4v) is 4.44. The first-order chi connectivity index (χ1) is 11.4. The standard InChI is InChI=1S/C16H28N4O2S2.HI/c1-4-17-16(19-12-15-6-5-13(2)23-15)18-11-14-7-9-20(10-8-14)24(3,21)22;/h5-6,14H,4,7-12H2,1-3H3,(H2,17,18,19);1H. The number of aliphatic imine (C=N–C) groups is 1. The minimum Gasteiger partial charge on any atom is -0.357 e. The number of thiophene rings is 1. The highest BCUT2D eigenvalue weighted by Crippen LogP contribution is 2.18. The van der Waals surface area contributed by atoms with Crippen molar-refractivity contribution in [2.24, 2.45) is 10.9 Å². The van der Waals surface area contributed by atoms with Gasteiger partial charge < -0.3 is 10.6 Å². The summed E-state index contributed by atoms with van der Waals surface area (Å²) in [6.07, 6.45) is 3.07. The van der Waals surface area contributed by atoms with Gasteiger partial charge in [-0.1, -0.05) is 0 Å². The first-order valence-electron chi connectivity index (χ1n) is 8.41. The summed E-state index contributed by atoms with van der Waals surface area (Å²) in [6.45, 7) is 7.72. The van der Waals surface area contributed by atoms with Crippen LogP contribution in [0.3, 0.4) is 0 Å². The van der Waals surface area contributed by atoms with Crippen LogP contribution in [0, 0.1) is 12.8 Å². The molecule has 9 heteroatoms. The third kappa shape index (κ3) is 7.79. The van der Waals surface area contributed by atoms with Gasteiger partial charge in [-0.2, -0.15) is 0 Å². The molecule has 0 unspecified atom stereocenters. The number of hydrogen-bond acceptors (Lipinski definition) is 4. The van der Waals surface area contributed by atoms with Gasteiger partial charge in [0.1, 0.15) is 0 Å². The van der Waals surface area contributed by atoms with Gasteiger partial charge in [0.15, 0.2) is 5.96 Å². The Kier molecular flexibility index (Phi) is 9.68. The van der Waals surface area contributed by atoms with Crippen LogP contribution in [0.4, 0.5) is 0 Å². The Morgan fingerprint density at radius 2 is 2.00 bits per heavy atom. The lowest BCUT2D eigenvalue weighted by Gasteiger charge is -2.30. The van der Waals surface area contributed by atoms with Crippen molar-refractivity contribution < 1.29 is 8.42 Å². The van der Waals surface area contributed by atoms with E-state index in [1.165, 1.54) is 16.0 Å². The predicted molar refractivity (Wildman–Crippen MR) is 116 cm³/mol. The second-order valence-corrected chi connectivity index (χ2v) is 9.55. The second-order valence-electron chi connectivity index (χ2n) is 6.19. The largest absolute Gasteiger partial charge is 0.357 e. The van der Waals surface area contributed by atoms with E-state index in [2.05, 4.69) is 41.6 Å². The Balaban J connectivity index is 0.00000312. The van der Waals surface area contributed by atoms with Gasteiger partial charge >= 0.3 is 0 Å². The summed E-state index contributed by atoms with van der Waals surface area (Å²) in [4.78, 5) is 7.19. The van der Waals surface area contributed by atoms with E-state index in [0.717, 1.165) is 31.9 Å². The molecule has 1 fully saturated rings. The molecule has 1 aromatic rings. The fraction of sp³-hybridized carbons (Fsp3) is 0.688. The minimum absolute atomic E-state index is 0. The van der Waals surface area contributed by atoms with Gasteiger partial charge in [-0.25, -0.2) is 17.7 Å². The fourth-order valence-electron chi connectivity index (χ4n) is 2.75. The molecule has 2 N–H and O–H groups in total. The first kappa shape index (κ1) is 22.7. The summed E-state index contributed by atoms with van der Waals surface area (Å²) in [5.41, 5.74) is 0. The molecule has 0 amide bonds. The lowest BCUT2D eigenvalue weighted by Crippen LogP contribution is -2.44. The smallest absolute Gasteiger partial charge is 0.211 e. The first-order valence-corrected chi connectivity index (χ1v) is 11.1. The van der Waals surface area contributed by atoms with Crippen LogP contribution in [0.15, 0.2) is 17.1 Å². The Bertz CT molecular complexity index is 653. The molecular weight excluding hydrogens is 471 g/mol. The van der Waals surface area contributed by atoms with Gasteiger partial charge in [0.05, 0.1) is 12.8 Å². The minimum atomic E-state index is -3.05. The number of rotatable bonds is 6. The SMILES string of the molecule is CCNC(=NCc1ccc(C)s1)NCC1CCN(S(C)(=O)=O)CC1.I. The van der Waals surface area contributed by atoms with Crippen molar-refractivity contribution >= 4 is 51.3 Å². The van der Waals surface area contributed by atoms with Crippen molar-refractivity contribution in [3.8, 4) is 0 Å².